The third kappa shape index (κ3) is 2.09. The van der Waals surface area contributed by atoms with Crippen molar-refractivity contribution in [2.75, 3.05) is 11.9 Å². The molecule has 1 aliphatic heterocycles. The smallest absolute Gasteiger partial charge is 0.399 e. The molecule has 0 saturated heterocycles. The maximum Gasteiger partial charge on any atom is 0.399 e. The lowest BCUT2D eigenvalue weighted by Crippen LogP contribution is -2.62. The summed E-state index contributed by atoms with van der Waals surface area (Å²) in [7, 11) is 3.95. The molecule has 0 N–H and O–H groups in total. The molecule has 4 rings (SSSR count). The Morgan fingerprint density at radius 1 is 1.22 bits per heavy atom. The Labute approximate surface area is 141 Å². The van der Waals surface area contributed by atoms with Gasteiger partial charge in [-0.3, -0.25) is 0 Å². The molecule has 1 aromatic carbocycles. The van der Waals surface area contributed by atoms with Crippen LogP contribution in [0.1, 0.15) is 22.4 Å². The third-order valence-electron chi connectivity index (χ3n) is 4.58. The second-order valence-corrected chi connectivity index (χ2v) is 6.17. The van der Waals surface area contributed by atoms with E-state index in [9.17, 15) is 0 Å². The van der Waals surface area contributed by atoms with E-state index in [0.29, 0.717) is 5.56 Å². The molecular formula is C19H20BN2O+. The number of hydrogen-bond acceptors (Lipinski definition) is 2. The standard InChI is InChI=1S/C19H20BN2O/c1-13-9-10-18(21(3)12-13)20-14(2)11-17-19(22(20)4)15-7-5-6-8-16(15)23-17/h5-12H,1-4H3/q+1/i1D3. The minimum Gasteiger partial charge on any atom is -0.455 e. The van der Waals surface area contributed by atoms with Crippen molar-refractivity contribution in [3.05, 3.63) is 59.4 Å². The normalized spacial score (nSPS) is 16.7. The molecule has 0 aliphatic carbocycles. The summed E-state index contributed by atoms with van der Waals surface area (Å²) < 4.78 is 30.8. The first-order valence-electron chi connectivity index (χ1n) is 9.20. The van der Waals surface area contributed by atoms with E-state index in [1.54, 1.807) is 12.3 Å². The Morgan fingerprint density at radius 3 is 2.83 bits per heavy atom. The molecule has 2 aromatic heterocycles. The van der Waals surface area contributed by atoms with Crippen molar-refractivity contribution in [1.29, 1.82) is 0 Å². The van der Waals surface area contributed by atoms with Gasteiger partial charge in [-0.15, -0.1) is 0 Å². The predicted octanol–water partition coefficient (Wildman–Crippen LogP) is 2.86. The van der Waals surface area contributed by atoms with Gasteiger partial charge >= 0.3 is 6.85 Å². The Bertz CT molecular complexity index is 1040. The molecule has 4 heteroatoms. The number of pyridine rings is 1. The first kappa shape index (κ1) is 11.1. The van der Waals surface area contributed by atoms with Gasteiger partial charge in [0.1, 0.15) is 18.4 Å². The van der Waals surface area contributed by atoms with Gasteiger partial charge in [-0.2, -0.15) is 0 Å². The largest absolute Gasteiger partial charge is 0.455 e. The Hall–Kier alpha value is -2.49. The highest BCUT2D eigenvalue weighted by molar-refractivity contribution is 6.82. The first-order valence-corrected chi connectivity index (χ1v) is 7.70. The number of hydrogen-bond donors (Lipinski definition) is 0. The number of para-hydroxylation sites is 1. The molecule has 3 aromatic rings. The zero-order valence-electron chi connectivity index (χ0n) is 16.5. The monoisotopic (exact) mass is 306 g/mol. The van der Waals surface area contributed by atoms with Crippen LogP contribution in [0.3, 0.4) is 0 Å². The zero-order chi connectivity index (χ0) is 18.6. The molecule has 0 bridgehead atoms. The molecule has 3 heterocycles. The summed E-state index contributed by atoms with van der Waals surface area (Å²) >= 11 is 0. The molecule has 0 saturated carbocycles. The number of fused-ring (bicyclic) bond motifs is 3. The van der Waals surface area contributed by atoms with E-state index in [2.05, 4.69) is 30.9 Å². The van der Waals surface area contributed by atoms with Crippen molar-refractivity contribution >= 4 is 35.2 Å². The van der Waals surface area contributed by atoms with Gasteiger partial charge in [-0.05, 0) is 51.2 Å². The number of nitrogens with zero attached hydrogens (tertiary/aromatic N) is 2. The highest BCUT2D eigenvalue weighted by Crippen LogP contribution is 2.38. The maximum absolute atomic E-state index is 7.62. The van der Waals surface area contributed by atoms with Crippen LogP contribution in [-0.4, -0.2) is 13.9 Å². The van der Waals surface area contributed by atoms with E-state index in [1.165, 1.54) is 0 Å². The number of rotatable bonds is 1. The lowest BCUT2D eigenvalue weighted by Gasteiger charge is -2.29. The Balaban J connectivity index is 1.84. The summed E-state index contributed by atoms with van der Waals surface area (Å²) in [6, 6.07) is 11.6. The second-order valence-electron chi connectivity index (χ2n) is 6.17. The summed E-state index contributed by atoms with van der Waals surface area (Å²) in [4.78, 5) is 2.21. The Kier molecular flexibility index (Phi) is 2.42. The molecule has 0 fully saturated rings. The van der Waals surface area contributed by atoms with Crippen molar-refractivity contribution in [2.24, 2.45) is 7.05 Å². The molecule has 0 atom stereocenters. The average molecular weight is 306 g/mol. The van der Waals surface area contributed by atoms with Crippen molar-refractivity contribution in [1.82, 2.24) is 0 Å². The molecule has 1 aliphatic rings. The van der Waals surface area contributed by atoms with Gasteiger partial charge in [0.15, 0.2) is 11.8 Å². The number of anilines is 1. The van der Waals surface area contributed by atoms with Crippen molar-refractivity contribution < 1.29 is 13.1 Å². The highest BCUT2D eigenvalue weighted by atomic mass is 16.3. The summed E-state index contributed by atoms with van der Waals surface area (Å²) in [6.07, 6.45) is 3.78. The Morgan fingerprint density at radius 2 is 2.04 bits per heavy atom. The summed E-state index contributed by atoms with van der Waals surface area (Å²) in [5.41, 5.74) is 4.46. The maximum atomic E-state index is 7.62. The van der Waals surface area contributed by atoms with Gasteiger partial charge in [-0.25, -0.2) is 4.57 Å². The van der Waals surface area contributed by atoms with Gasteiger partial charge in [-0.1, -0.05) is 17.6 Å². The fourth-order valence-electron chi connectivity index (χ4n) is 3.57. The van der Waals surface area contributed by atoms with Gasteiger partial charge in [0.25, 0.3) is 0 Å². The van der Waals surface area contributed by atoms with Gasteiger partial charge in [0.05, 0.1) is 5.69 Å². The zero-order valence-corrected chi connectivity index (χ0v) is 13.5. The number of benzene rings is 1. The van der Waals surface area contributed by atoms with Crippen LogP contribution in [-0.2, 0) is 7.05 Å². The molecule has 114 valence electrons. The van der Waals surface area contributed by atoms with Crippen LogP contribution in [0.2, 0.25) is 0 Å². The number of furan rings is 1. The van der Waals surface area contributed by atoms with E-state index in [4.69, 9.17) is 8.53 Å². The lowest BCUT2D eigenvalue weighted by atomic mass is 9.49. The van der Waals surface area contributed by atoms with Gasteiger partial charge < -0.3 is 9.23 Å². The summed E-state index contributed by atoms with van der Waals surface area (Å²) in [6.45, 7) is -0.0122. The number of allylic oxidation sites excluding steroid dienone is 1. The number of aryl methyl sites for hydroxylation is 2. The SMILES string of the molecule is [2H]C([2H])([2H])c1ccc(B2C(C)=Cc3oc4ccccc4c3N2C)[n+](C)c1. The van der Waals surface area contributed by atoms with E-state index >= 15 is 0 Å². The van der Waals surface area contributed by atoms with E-state index in [0.717, 1.165) is 33.5 Å². The van der Waals surface area contributed by atoms with Crippen LogP contribution in [0.4, 0.5) is 5.69 Å². The van der Waals surface area contributed by atoms with Crippen molar-refractivity contribution in [3.63, 3.8) is 0 Å². The molecule has 0 radical (unpaired) electrons. The van der Waals surface area contributed by atoms with Crippen LogP contribution in [0.5, 0.6) is 0 Å². The minimum absolute atomic E-state index is 0.0131. The highest BCUT2D eigenvalue weighted by Gasteiger charge is 2.38. The van der Waals surface area contributed by atoms with Gasteiger partial charge in [0, 0.05) is 15.1 Å². The molecular weight excluding hydrogens is 283 g/mol. The average Bonchev–Trinajstić information content (AvgIpc) is 2.93. The molecule has 3 nitrogen and oxygen atoms in total. The van der Waals surface area contributed by atoms with E-state index < -0.39 is 6.85 Å². The second kappa shape index (κ2) is 5.02. The first-order chi connectivity index (χ1) is 12.3. The quantitative estimate of drug-likeness (QED) is 0.509. The van der Waals surface area contributed by atoms with Crippen molar-refractivity contribution in [2.45, 2.75) is 13.8 Å². The number of aromatic nitrogens is 1. The van der Waals surface area contributed by atoms with Crippen LogP contribution in [0.15, 0.2) is 52.5 Å². The lowest BCUT2D eigenvalue weighted by molar-refractivity contribution is -0.654. The van der Waals surface area contributed by atoms with E-state index in [1.807, 2.05) is 35.9 Å². The van der Waals surface area contributed by atoms with Crippen LogP contribution < -0.4 is 15.0 Å². The molecule has 0 amide bonds. The third-order valence-corrected chi connectivity index (χ3v) is 4.58. The minimum atomic E-state index is -2.10. The molecule has 23 heavy (non-hydrogen) atoms. The topological polar surface area (TPSA) is 20.3 Å². The predicted molar refractivity (Wildman–Crippen MR) is 96.0 cm³/mol. The fourth-order valence-corrected chi connectivity index (χ4v) is 3.57. The summed E-state index contributed by atoms with van der Waals surface area (Å²) in [5.74, 6) is 0.865. The van der Waals surface area contributed by atoms with Crippen LogP contribution >= 0.6 is 0 Å². The fraction of sp³-hybridized carbons (Fsp3) is 0.211. The van der Waals surface area contributed by atoms with Crippen LogP contribution in [0, 0.1) is 6.85 Å². The van der Waals surface area contributed by atoms with Crippen LogP contribution in [0.25, 0.3) is 17.0 Å². The molecule has 0 unspecified atom stereocenters. The molecule has 0 spiro atoms. The van der Waals surface area contributed by atoms with Gasteiger partial charge in [0.2, 0.25) is 0 Å². The van der Waals surface area contributed by atoms with E-state index in [-0.39, 0.29) is 6.85 Å². The van der Waals surface area contributed by atoms with Crippen molar-refractivity contribution in [3.8, 4) is 0 Å². The summed E-state index contributed by atoms with van der Waals surface area (Å²) in [5, 5.41) is 1.08.